The smallest absolute Gasteiger partial charge is 0.226 e. The lowest BCUT2D eigenvalue weighted by Gasteiger charge is -2.39. The van der Waals surface area contributed by atoms with Gasteiger partial charge < -0.3 is 14.8 Å². The van der Waals surface area contributed by atoms with Crippen LogP contribution in [0.5, 0.6) is 11.5 Å². The Kier molecular flexibility index (Phi) is 5.01. The first kappa shape index (κ1) is 21.1. The quantitative estimate of drug-likeness (QED) is 0.356. The molecule has 3 heterocycles. The van der Waals surface area contributed by atoms with Crippen molar-refractivity contribution in [3.8, 4) is 11.5 Å². The number of nitrogens with one attached hydrogen (secondary N) is 1. The van der Waals surface area contributed by atoms with Crippen LogP contribution < -0.4 is 14.8 Å². The lowest BCUT2D eigenvalue weighted by atomic mass is 9.84. The van der Waals surface area contributed by atoms with E-state index in [1.54, 1.807) is 19.5 Å². The van der Waals surface area contributed by atoms with Crippen LogP contribution in [0.1, 0.15) is 34.4 Å². The molecule has 1 aromatic heterocycles. The van der Waals surface area contributed by atoms with E-state index in [2.05, 4.69) is 46.6 Å². The highest BCUT2D eigenvalue weighted by molar-refractivity contribution is 6.35. The number of ether oxygens (including phenoxy) is 2. The van der Waals surface area contributed by atoms with Crippen LogP contribution in [0.2, 0.25) is 10.0 Å². The molecule has 0 aliphatic carbocycles. The van der Waals surface area contributed by atoms with E-state index in [1.807, 2.05) is 35.0 Å². The second-order valence-corrected chi connectivity index (χ2v) is 9.17. The summed E-state index contributed by atoms with van der Waals surface area (Å²) in [5.74, 6) is 2.11. The second-order valence-electron chi connectivity index (χ2n) is 8.32. The molecule has 0 unspecified atom stereocenters. The van der Waals surface area contributed by atoms with Gasteiger partial charge in [0.15, 0.2) is 6.10 Å². The third kappa shape index (κ3) is 3.33. The van der Waals surface area contributed by atoms with E-state index in [1.165, 1.54) is 5.56 Å². The van der Waals surface area contributed by atoms with Crippen LogP contribution >= 0.6 is 23.2 Å². The van der Waals surface area contributed by atoms with Crippen molar-refractivity contribution in [3.05, 3.63) is 105 Å². The van der Waals surface area contributed by atoms with Gasteiger partial charge in [0.1, 0.15) is 23.9 Å². The summed E-state index contributed by atoms with van der Waals surface area (Å²) in [4.78, 5) is 4.47. The predicted octanol–water partition coefficient (Wildman–Crippen LogP) is 6.46. The Morgan fingerprint density at radius 2 is 1.85 bits per heavy atom. The number of nitrogens with zero attached hydrogens (tertiary/aromatic N) is 3. The molecule has 34 heavy (non-hydrogen) atoms. The summed E-state index contributed by atoms with van der Waals surface area (Å²) in [7, 11) is 1.65. The largest absolute Gasteiger partial charge is 0.497 e. The van der Waals surface area contributed by atoms with Gasteiger partial charge in [-0.15, -0.1) is 0 Å². The lowest BCUT2D eigenvalue weighted by Crippen LogP contribution is -2.32. The van der Waals surface area contributed by atoms with E-state index in [4.69, 9.17) is 32.7 Å². The van der Waals surface area contributed by atoms with Crippen molar-refractivity contribution in [2.24, 2.45) is 0 Å². The van der Waals surface area contributed by atoms with Crippen LogP contribution in [0.25, 0.3) is 5.70 Å². The maximum Gasteiger partial charge on any atom is 0.226 e. The van der Waals surface area contributed by atoms with Gasteiger partial charge in [-0.2, -0.15) is 10.1 Å². The van der Waals surface area contributed by atoms with Gasteiger partial charge in [-0.05, 0) is 42.8 Å². The van der Waals surface area contributed by atoms with Crippen molar-refractivity contribution in [2.45, 2.75) is 19.1 Å². The van der Waals surface area contributed by atoms with Crippen molar-refractivity contribution in [2.75, 3.05) is 12.4 Å². The average molecular weight is 491 g/mol. The third-order valence-corrected chi connectivity index (χ3v) is 6.82. The highest BCUT2D eigenvalue weighted by atomic mass is 35.5. The van der Waals surface area contributed by atoms with E-state index in [0.717, 1.165) is 39.5 Å². The van der Waals surface area contributed by atoms with Gasteiger partial charge in [-0.3, -0.25) is 0 Å². The van der Waals surface area contributed by atoms with Crippen LogP contribution in [-0.2, 0) is 0 Å². The van der Waals surface area contributed by atoms with Gasteiger partial charge in [0, 0.05) is 26.7 Å². The van der Waals surface area contributed by atoms with E-state index in [0.29, 0.717) is 16.0 Å². The fourth-order valence-corrected chi connectivity index (χ4v) is 5.13. The molecule has 2 atom stereocenters. The summed E-state index contributed by atoms with van der Waals surface area (Å²) in [5.41, 5.74) is 5.84. The average Bonchev–Trinajstić information content (AvgIpc) is 3.31. The van der Waals surface area contributed by atoms with Gasteiger partial charge in [0.25, 0.3) is 0 Å². The summed E-state index contributed by atoms with van der Waals surface area (Å²) in [6, 6.07) is 19.4. The van der Waals surface area contributed by atoms with Gasteiger partial charge in [-0.25, -0.2) is 4.68 Å². The molecule has 0 saturated heterocycles. The first-order valence-electron chi connectivity index (χ1n) is 10.8. The Morgan fingerprint density at radius 3 is 2.62 bits per heavy atom. The molecule has 0 spiro atoms. The highest BCUT2D eigenvalue weighted by Gasteiger charge is 2.41. The SMILES string of the molecule is COc1ccc2c(c1)C1=C([C@H](c3ccc(Cl)cc3Cl)O2)[C@@H](c2ccc(C)cc2)n2ncnc2N1. The van der Waals surface area contributed by atoms with Crippen LogP contribution in [0, 0.1) is 6.92 Å². The fourth-order valence-electron chi connectivity index (χ4n) is 4.62. The Hall–Kier alpha value is -3.48. The molecule has 4 aromatic rings. The third-order valence-electron chi connectivity index (χ3n) is 6.26. The molecular weight excluding hydrogens is 471 g/mol. The summed E-state index contributed by atoms with van der Waals surface area (Å²) in [6.45, 7) is 2.07. The monoisotopic (exact) mass is 490 g/mol. The number of aromatic nitrogens is 3. The number of anilines is 1. The molecule has 0 radical (unpaired) electrons. The summed E-state index contributed by atoms with van der Waals surface area (Å²) >= 11 is 12.9. The zero-order valence-corrected chi connectivity index (χ0v) is 19.9. The second kappa shape index (κ2) is 8.08. The molecule has 6 rings (SSSR count). The maximum atomic E-state index is 6.70. The minimum atomic E-state index is -0.475. The van der Waals surface area contributed by atoms with Crippen LogP contribution in [0.4, 0.5) is 5.95 Å². The van der Waals surface area contributed by atoms with Gasteiger partial charge in [0.05, 0.1) is 12.8 Å². The molecule has 0 saturated carbocycles. The fraction of sp³-hybridized carbons (Fsp3) is 0.154. The molecule has 1 N–H and O–H groups in total. The van der Waals surface area contributed by atoms with Crippen LogP contribution in [0.15, 0.2) is 72.6 Å². The maximum absolute atomic E-state index is 6.70. The zero-order valence-electron chi connectivity index (χ0n) is 18.4. The predicted molar refractivity (Wildman–Crippen MR) is 133 cm³/mol. The molecular formula is C26H20Cl2N4O2. The zero-order chi connectivity index (χ0) is 23.4. The highest BCUT2D eigenvalue weighted by Crippen LogP contribution is 2.52. The minimum Gasteiger partial charge on any atom is -0.497 e. The Labute approximate surface area is 206 Å². The van der Waals surface area contributed by atoms with Crippen molar-refractivity contribution in [1.29, 1.82) is 0 Å². The minimum absolute atomic E-state index is 0.259. The Bertz CT molecular complexity index is 1450. The lowest BCUT2D eigenvalue weighted by molar-refractivity contribution is 0.223. The van der Waals surface area contributed by atoms with Crippen molar-refractivity contribution >= 4 is 34.8 Å². The van der Waals surface area contributed by atoms with Gasteiger partial charge >= 0.3 is 0 Å². The molecule has 0 amide bonds. The van der Waals surface area contributed by atoms with E-state index in [-0.39, 0.29) is 6.04 Å². The molecule has 0 bridgehead atoms. The molecule has 0 fully saturated rings. The number of benzene rings is 3. The Balaban J connectivity index is 1.64. The number of hydrogen-bond acceptors (Lipinski definition) is 5. The number of methoxy groups -OCH3 is 1. The number of hydrogen-bond donors (Lipinski definition) is 1. The molecule has 8 heteroatoms. The first-order valence-corrected chi connectivity index (χ1v) is 11.6. The van der Waals surface area contributed by atoms with Crippen LogP contribution in [-0.4, -0.2) is 21.9 Å². The molecule has 2 aliphatic rings. The number of fused-ring (bicyclic) bond motifs is 3. The molecule has 3 aromatic carbocycles. The number of halogens is 2. The van der Waals surface area contributed by atoms with Gasteiger partial charge in [-0.1, -0.05) is 59.1 Å². The first-order chi connectivity index (χ1) is 16.5. The number of aryl methyl sites for hydroxylation is 1. The van der Waals surface area contributed by atoms with Crippen molar-refractivity contribution in [1.82, 2.24) is 14.8 Å². The normalized spacial score (nSPS) is 18.4. The molecule has 170 valence electrons. The molecule has 2 aliphatic heterocycles. The van der Waals surface area contributed by atoms with Crippen molar-refractivity contribution < 1.29 is 9.47 Å². The summed E-state index contributed by atoms with van der Waals surface area (Å²) in [5, 5.41) is 9.15. The molecule has 6 nitrogen and oxygen atoms in total. The summed E-state index contributed by atoms with van der Waals surface area (Å²) in [6.07, 6.45) is 1.08. The Morgan fingerprint density at radius 1 is 1.03 bits per heavy atom. The topological polar surface area (TPSA) is 61.2 Å². The van der Waals surface area contributed by atoms with E-state index >= 15 is 0 Å². The summed E-state index contributed by atoms with van der Waals surface area (Å²) < 4.78 is 14.0. The van der Waals surface area contributed by atoms with Crippen LogP contribution in [0.3, 0.4) is 0 Å². The van der Waals surface area contributed by atoms with Gasteiger partial charge in [0.2, 0.25) is 5.95 Å². The van der Waals surface area contributed by atoms with Crippen molar-refractivity contribution in [3.63, 3.8) is 0 Å². The van der Waals surface area contributed by atoms with E-state index in [9.17, 15) is 0 Å². The van der Waals surface area contributed by atoms with E-state index < -0.39 is 6.10 Å². The number of rotatable bonds is 3. The standard InChI is InChI=1S/C26H20Cl2N4O2/c1-14-3-5-15(6-4-14)24-22-23(31-26-29-13-30-32(24)26)19-12-17(33-2)8-10-21(19)34-25(22)18-9-7-16(27)11-20(18)28/h3-13,24-25H,1-2H3,(H,29,30,31)/t24-,25+/m1/s1.